The number of hydrogen-bond acceptors (Lipinski definition) is 4. The average Bonchev–Trinajstić information content (AvgIpc) is 2.25. The van der Waals surface area contributed by atoms with Gasteiger partial charge >= 0.3 is 5.97 Å². The van der Waals surface area contributed by atoms with Gasteiger partial charge in [-0.25, -0.2) is 17.2 Å². The van der Waals surface area contributed by atoms with Gasteiger partial charge < -0.3 is 4.74 Å². The van der Waals surface area contributed by atoms with Crippen LogP contribution in [-0.4, -0.2) is 27.5 Å². The Morgan fingerprint density at radius 3 is 2.58 bits per heavy atom. The standard InChI is InChI=1S/C10H10BrF2NO4S/c1-2-18-9(15)5-14-19(16,17)10-7(11)3-6(12)4-8(10)13/h3-4,14H,2,5H2,1H3. The van der Waals surface area contributed by atoms with E-state index in [9.17, 15) is 22.0 Å². The second kappa shape index (κ2) is 6.40. The SMILES string of the molecule is CCOC(=O)CNS(=O)(=O)c1c(F)cc(F)cc1Br. The minimum Gasteiger partial charge on any atom is -0.465 e. The van der Waals surface area contributed by atoms with E-state index in [4.69, 9.17) is 0 Å². The summed E-state index contributed by atoms with van der Waals surface area (Å²) in [7, 11) is -4.29. The third kappa shape index (κ3) is 4.22. The summed E-state index contributed by atoms with van der Waals surface area (Å²) in [5.74, 6) is -2.98. The Hall–Kier alpha value is -1.06. The Morgan fingerprint density at radius 1 is 1.42 bits per heavy atom. The van der Waals surface area contributed by atoms with Crippen molar-refractivity contribution in [3.63, 3.8) is 0 Å². The summed E-state index contributed by atoms with van der Waals surface area (Å²) in [4.78, 5) is 10.3. The topological polar surface area (TPSA) is 72.5 Å². The van der Waals surface area contributed by atoms with Gasteiger partial charge in [0.15, 0.2) is 0 Å². The second-order valence-electron chi connectivity index (χ2n) is 3.33. The Morgan fingerprint density at radius 2 is 2.05 bits per heavy atom. The van der Waals surface area contributed by atoms with Crippen LogP contribution in [0.1, 0.15) is 6.92 Å². The molecule has 0 saturated carbocycles. The molecule has 0 aromatic heterocycles. The molecule has 0 aliphatic carbocycles. The van der Waals surface area contributed by atoms with Gasteiger partial charge in [0.25, 0.3) is 0 Å². The third-order valence-corrected chi connectivity index (χ3v) is 4.31. The highest BCUT2D eigenvalue weighted by atomic mass is 79.9. The maximum Gasteiger partial charge on any atom is 0.321 e. The number of sulfonamides is 1. The van der Waals surface area contributed by atoms with Gasteiger partial charge in [-0.05, 0) is 28.9 Å². The molecule has 106 valence electrons. The van der Waals surface area contributed by atoms with Crippen LogP contribution in [0.25, 0.3) is 0 Å². The van der Waals surface area contributed by atoms with Gasteiger partial charge in [-0.1, -0.05) is 0 Å². The molecule has 0 atom stereocenters. The molecule has 0 aliphatic heterocycles. The first-order chi connectivity index (χ1) is 8.77. The zero-order chi connectivity index (χ0) is 14.6. The average molecular weight is 358 g/mol. The fourth-order valence-corrected chi connectivity index (χ4v) is 3.35. The normalized spacial score (nSPS) is 11.4. The van der Waals surface area contributed by atoms with E-state index in [1.54, 1.807) is 6.92 Å². The minimum atomic E-state index is -4.29. The van der Waals surface area contributed by atoms with E-state index in [-0.39, 0.29) is 11.1 Å². The molecule has 0 amide bonds. The van der Waals surface area contributed by atoms with Gasteiger partial charge in [-0.3, -0.25) is 4.79 Å². The summed E-state index contributed by atoms with van der Waals surface area (Å²) >= 11 is 2.76. The lowest BCUT2D eigenvalue weighted by atomic mass is 10.3. The van der Waals surface area contributed by atoms with Crippen LogP contribution in [0, 0.1) is 11.6 Å². The van der Waals surface area contributed by atoms with Crippen LogP contribution < -0.4 is 4.72 Å². The number of ether oxygens (including phenoxy) is 1. The first-order valence-electron chi connectivity index (χ1n) is 5.07. The maximum atomic E-state index is 13.5. The number of nitrogens with one attached hydrogen (secondary N) is 1. The lowest BCUT2D eigenvalue weighted by molar-refractivity contribution is -0.141. The number of esters is 1. The molecule has 0 radical (unpaired) electrons. The zero-order valence-electron chi connectivity index (χ0n) is 9.74. The Labute approximate surface area is 117 Å². The highest BCUT2D eigenvalue weighted by Crippen LogP contribution is 2.25. The number of rotatable bonds is 5. The highest BCUT2D eigenvalue weighted by Gasteiger charge is 2.24. The zero-order valence-corrected chi connectivity index (χ0v) is 12.1. The number of benzene rings is 1. The van der Waals surface area contributed by atoms with Crippen LogP contribution in [0.3, 0.4) is 0 Å². The molecule has 0 unspecified atom stereocenters. The lowest BCUT2D eigenvalue weighted by Gasteiger charge is -2.09. The van der Waals surface area contributed by atoms with Crippen LogP contribution in [0.2, 0.25) is 0 Å². The smallest absolute Gasteiger partial charge is 0.321 e. The molecule has 0 heterocycles. The van der Waals surface area contributed by atoms with Gasteiger partial charge in [0.2, 0.25) is 10.0 Å². The minimum absolute atomic E-state index is 0.0924. The van der Waals surface area contributed by atoms with Crippen LogP contribution in [-0.2, 0) is 19.6 Å². The largest absolute Gasteiger partial charge is 0.465 e. The lowest BCUT2D eigenvalue weighted by Crippen LogP contribution is -2.31. The summed E-state index contributed by atoms with van der Waals surface area (Å²) in [6.07, 6.45) is 0. The quantitative estimate of drug-likeness (QED) is 0.811. The van der Waals surface area contributed by atoms with Gasteiger partial charge in [0, 0.05) is 10.5 Å². The molecule has 1 N–H and O–H groups in total. The van der Waals surface area contributed by atoms with E-state index in [1.807, 2.05) is 4.72 Å². The Kier molecular flexibility index (Phi) is 5.39. The predicted octanol–water partition coefficient (Wildman–Crippen LogP) is 1.57. The molecule has 0 saturated heterocycles. The molecule has 0 fully saturated rings. The molecule has 5 nitrogen and oxygen atoms in total. The summed E-state index contributed by atoms with van der Waals surface area (Å²) in [5.41, 5.74) is 0. The maximum absolute atomic E-state index is 13.5. The molecule has 0 bridgehead atoms. The van der Waals surface area contributed by atoms with Gasteiger partial charge in [0.1, 0.15) is 23.1 Å². The van der Waals surface area contributed by atoms with E-state index in [2.05, 4.69) is 20.7 Å². The molecular weight excluding hydrogens is 348 g/mol. The molecule has 0 aliphatic rings. The summed E-state index contributed by atoms with van der Waals surface area (Å²) in [6, 6.07) is 1.24. The van der Waals surface area contributed by atoms with Gasteiger partial charge in [-0.15, -0.1) is 0 Å². The van der Waals surface area contributed by atoms with Crippen molar-refractivity contribution >= 4 is 31.9 Å². The fourth-order valence-electron chi connectivity index (χ4n) is 1.22. The molecule has 1 aromatic carbocycles. The van der Waals surface area contributed by atoms with E-state index in [1.165, 1.54) is 0 Å². The van der Waals surface area contributed by atoms with Crippen molar-refractivity contribution in [1.29, 1.82) is 0 Å². The molecule has 0 spiro atoms. The summed E-state index contributed by atoms with van der Waals surface area (Å²) in [6.45, 7) is 1.01. The Bertz CT molecular complexity index is 568. The van der Waals surface area contributed by atoms with E-state index < -0.39 is 39.1 Å². The van der Waals surface area contributed by atoms with Crippen molar-refractivity contribution in [2.75, 3.05) is 13.2 Å². The Balaban J connectivity index is 2.98. The van der Waals surface area contributed by atoms with Crippen molar-refractivity contribution < 1.29 is 26.7 Å². The van der Waals surface area contributed by atoms with E-state index in [0.717, 1.165) is 6.07 Å². The number of hydrogen-bond donors (Lipinski definition) is 1. The van der Waals surface area contributed by atoms with Crippen LogP contribution in [0.5, 0.6) is 0 Å². The van der Waals surface area contributed by atoms with Crippen molar-refractivity contribution in [2.45, 2.75) is 11.8 Å². The van der Waals surface area contributed by atoms with Crippen LogP contribution >= 0.6 is 15.9 Å². The van der Waals surface area contributed by atoms with Crippen LogP contribution in [0.15, 0.2) is 21.5 Å². The second-order valence-corrected chi connectivity index (χ2v) is 5.89. The van der Waals surface area contributed by atoms with Crippen molar-refractivity contribution in [3.05, 3.63) is 28.2 Å². The molecular formula is C10H10BrF2NO4S. The summed E-state index contributed by atoms with van der Waals surface area (Å²) < 4.78 is 56.0. The predicted molar refractivity (Wildman–Crippen MR) is 65.9 cm³/mol. The molecule has 1 aromatic rings. The monoisotopic (exact) mass is 357 g/mol. The number of carbonyl (C=O) groups is 1. The molecule has 1 rings (SSSR count). The van der Waals surface area contributed by atoms with Crippen molar-refractivity contribution in [2.24, 2.45) is 0 Å². The van der Waals surface area contributed by atoms with E-state index in [0.29, 0.717) is 6.07 Å². The van der Waals surface area contributed by atoms with Gasteiger partial charge in [0.05, 0.1) is 6.61 Å². The van der Waals surface area contributed by atoms with Crippen molar-refractivity contribution in [3.8, 4) is 0 Å². The first kappa shape index (κ1) is 16.0. The highest BCUT2D eigenvalue weighted by molar-refractivity contribution is 9.10. The summed E-state index contributed by atoms with van der Waals surface area (Å²) in [5, 5.41) is 0. The molecule has 9 heteroatoms. The first-order valence-corrected chi connectivity index (χ1v) is 7.35. The number of halogens is 3. The van der Waals surface area contributed by atoms with Gasteiger partial charge in [-0.2, -0.15) is 4.72 Å². The number of carbonyl (C=O) groups excluding carboxylic acids is 1. The van der Waals surface area contributed by atoms with Crippen molar-refractivity contribution in [1.82, 2.24) is 4.72 Å². The third-order valence-electron chi connectivity index (χ3n) is 1.94. The molecule has 19 heavy (non-hydrogen) atoms. The fraction of sp³-hybridized carbons (Fsp3) is 0.300. The van der Waals surface area contributed by atoms with E-state index >= 15 is 0 Å². The van der Waals surface area contributed by atoms with Crippen LogP contribution in [0.4, 0.5) is 8.78 Å².